The monoisotopic (exact) mass is 369 g/mol. The number of hydrogen-bond donors (Lipinski definition) is 1. The Balaban J connectivity index is 1.44. The lowest BCUT2D eigenvalue weighted by Gasteiger charge is -2.18. The molecule has 2 heterocycles. The normalized spacial score (nSPS) is 21.8. The smallest absolute Gasteiger partial charge is 0.211 e. The average Bonchev–Trinajstić information content (AvgIpc) is 3.15. The van der Waals surface area contributed by atoms with Crippen molar-refractivity contribution in [2.75, 3.05) is 25.5 Å². The van der Waals surface area contributed by atoms with Crippen LogP contribution in [0.1, 0.15) is 38.7 Å². The summed E-state index contributed by atoms with van der Waals surface area (Å²) in [7, 11) is -3.29. The van der Waals surface area contributed by atoms with Gasteiger partial charge in [-0.1, -0.05) is 12.1 Å². The summed E-state index contributed by atoms with van der Waals surface area (Å²) in [5.74, 6) is 1.51. The number of para-hydroxylation sites is 1. The first-order chi connectivity index (χ1) is 11.8. The molecule has 0 bridgehead atoms. The zero-order chi connectivity index (χ0) is 17.9. The zero-order valence-electron chi connectivity index (χ0n) is 14.9. The molecule has 1 fully saturated rings. The Morgan fingerprint density at radius 1 is 1.36 bits per heavy atom. The van der Waals surface area contributed by atoms with Crippen molar-refractivity contribution in [3.05, 3.63) is 23.8 Å². The minimum atomic E-state index is -3.29. The van der Waals surface area contributed by atoms with Gasteiger partial charge in [-0.15, -0.1) is 0 Å². The van der Waals surface area contributed by atoms with Crippen LogP contribution in [0.15, 0.2) is 18.2 Å². The Kier molecular flexibility index (Phi) is 5.55. The number of ether oxygens (including phenoxy) is 3. The van der Waals surface area contributed by atoms with Gasteiger partial charge in [-0.3, -0.25) is 0 Å². The van der Waals surface area contributed by atoms with Crippen LogP contribution in [0.5, 0.6) is 11.5 Å². The van der Waals surface area contributed by atoms with Crippen molar-refractivity contribution in [1.29, 1.82) is 0 Å². The summed E-state index contributed by atoms with van der Waals surface area (Å²) in [5.41, 5.74) is 0.908. The van der Waals surface area contributed by atoms with E-state index >= 15 is 0 Å². The van der Waals surface area contributed by atoms with Crippen LogP contribution in [-0.4, -0.2) is 45.6 Å². The molecule has 2 aliphatic rings. The second kappa shape index (κ2) is 7.51. The van der Waals surface area contributed by atoms with Gasteiger partial charge in [0.1, 0.15) is 5.60 Å². The molecule has 0 saturated carbocycles. The van der Waals surface area contributed by atoms with E-state index in [0.717, 1.165) is 37.2 Å². The van der Waals surface area contributed by atoms with Crippen molar-refractivity contribution in [2.45, 2.75) is 51.2 Å². The number of nitrogens with one attached hydrogen (secondary N) is 1. The van der Waals surface area contributed by atoms with Gasteiger partial charge in [0, 0.05) is 25.1 Å². The van der Waals surface area contributed by atoms with Gasteiger partial charge < -0.3 is 14.2 Å². The fraction of sp³-hybridized carbons (Fsp3) is 0.667. The molecule has 6 nitrogen and oxygen atoms in total. The van der Waals surface area contributed by atoms with Gasteiger partial charge in [0.25, 0.3) is 0 Å². The average molecular weight is 369 g/mol. The molecule has 1 aromatic rings. The summed E-state index contributed by atoms with van der Waals surface area (Å²) in [4.78, 5) is 0. The van der Waals surface area contributed by atoms with Crippen LogP contribution in [0, 0.1) is 0 Å². The number of rotatable bonds is 8. The van der Waals surface area contributed by atoms with Crippen LogP contribution < -0.4 is 14.2 Å². The predicted octanol–water partition coefficient (Wildman–Crippen LogP) is 2.27. The van der Waals surface area contributed by atoms with Gasteiger partial charge in [0.15, 0.2) is 11.5 Å². The van der Waals surface area contributed by atoms with Crippen molar-refractivity contribution in [1.82, 2.24) is 4.72 Å². The molecule has 1 aromatic carbocycles. The van der Waals surface area contributed by atoms with Gasteiger partial charge >= 0.3 is 0 Å². The summed E-state index contributed by atoms with van der Waals surface area (Å²) < 4.78 is 43.8. The second-order valence-electron chi connectivity index (χ2n) is 7.29. The minimum absolute atomic E-state index is 0.0124. The lowest BCUT2D eigenvalue weighted by Crippen LogP contribution is -2.33. The standard InChI is InChI=1S/C18H27NO5S/c1-18(2)12-14-6-3-8-16(17(14)24-18)23-10-5-11-25(20,21)19-13-15-7-4-9-22-15/h3,6,8,15,19H,4-5,7,9-13H2,1-2H3. The molecule has 3 rings (SSSR count). The van der Waals surface area contributed by atoms with Crippen LogP contribution in [0.3, 0.4) is 0 Å². The fourth-order valence-electron chi connectivity index (χ4n) is 3.23. The highest BCUT2D eigenvalue weighted by molar-refractivity contribution is 7.89. The third-order valence-electron chi connectivity index (χ3n) is 4.42. The van der Waals surface area contributed by atoms with Gasteiger partial charge in [0.05, 0.1) is 18.5 Å². The number of sulfonamides is 1. The van der Waals surface area contributed by atoms with E-state index in [4.69, 9.17) is 14.2 Å². The van der Waals surface area contributed by atoms with E-state index in [9.17, 15) is 8.42 Å². The molecule has 0 amide bonds. The predicted molar refractivity (Wildman–Crippen MR) is 95.7 cm³/mol. The van der Waals surface area contributed by atoms with Crippen LogP contribution >= 0.6 is 0 Å². The molecule has 1 saturated heterocycles. The Labute approximate surface area is 149 Å². The van der Waals surface area contributed by atoms with E-state index in [1.165, 1.54) is 0 Å². The molecule has 0 aliphatic carbocycles. The molecule has 2 aliphatic heterocycles. The van der Waals surface area contributed by atoms with Gasteiger partial charge in [-0.2, -0.15) is 0 Å². The van der Waals surface area contributed by atoms with Crippen LogP contribution in [0.25, 0.3) is 0 Å². The number of fused-ring (bicyclic) bond motifs is 1. The molecular weight excluding hydrogens is 342 g/mol. The van der Waals surface area contributed by atoms with Crippen molar-refractivity contribution >= 4 is 10.0 Å². The first-order valence-corrected chi connectivity index (χ1v) is 10.5. The zero-order valence-corrected chi connectivity index (χ0v) is 15.7. The highest BCUT2D eigenvalue weighted by atomic mass is 32.2. The summed E-state index contributed by atoms with van der Waals surface area (Å²) in [6, 6.07) is 5.85. The van der Waals surface area contributed by atoms with Gasteiger partial charge in [0.2, 0.25) is 10.0 Å². The maximum atomic E-state index is 12.0. The largest absolute Gasteiger partial charge is 0.490 e. The van der Waals surface area contributed by atoms with Crippen LogP contribution in [0.4, 0.5) is 0 Å². The molecule has 140 valence electrons. The third kappa shape index (κ3) is 5.09. The topological polar surface area (TPSA) is 73.9 Å². The quantitative estimate of drug-likeness (QED) is 0.712. The van der Waals surface area contributed by atoms with Crippen LogP contribution in [-0.2, 0) is 21.2 Å². The van der Waals surface area contributed by atoms with Gasteiger partial charge in [-0.05, 0) is 39.2 Å². The van der Waals surface area contributed by atoms with Crippen molar-refractivity contribution < 1.29 is 22.6 Å². The second-order valence-corrected chi connectivity index (χ2v) is 9.21. The van der Waals surface area contributed by atoms with E-state index < -0.39 is 10.0 Å². The van der Waals surface area contributed by atoms with E-state index in [-0.39, 0.29) is 17.5 Å². The van der Waals surface area contributed by atoms with E-state index in [1.54, 1.807) is 0 Å². The molecule has 0 aromatic heterocycles. The van der Waals surface area contributed by atoms with E-state index in [2.05, 4.69) is 4.72 Å². The summed E-state index contributed by atoms with van der Waals surface area (Å²) >= 11 is 0. The number of benzene rings is 1. The summed E-state index contributed by atoms with van der Waals surface area (Å²) in [6.07, 6.45) is 3.20. The first kappa shape index (κ1) is 18.5. The number of hydrogen-bond acceptors (Lipinski definition) is 5. The highest BCUT2D eigenvalue weighted by Gasteiger charge is 2.32. The Morgan fingerprint density at radius 3 is 2.96 bits per heavy atom. The molecule has 1 atom stereocenters. The minimum Gasteiger partial charge on any atom is -0.490 e. The fourth-order valence-corrected chi connectivity index (χ4v) is 4.31. The molecule has 1 unspecified atom stereocenters. The SMILES string of the molecule is CC1(C)Cc2cccc(OCCCS(=O)(=O)NCC3CCCO3)c2O1. The third-order valence-corrected chi connectivity index (χ3v) is 5.86. The first-order valence-electron chi connectivity index (χ1n) is 8.87. The summed E-state index contributed by atoms with van der Waals surface area (Å²) in [5, 5.41) is 0. The lowest BCUT2D eigenvalue weighted by atomic mass is 10.0. The Bertz CT molecular complexity index is 695. The molecule has 0 radical (unpaired) electrons. The summed E-state index contributed by atoms with van der Waals surface area (Å²) in [6.45, 7) is 5.51. The van der Waals surface area contributed by atoms with Crippen molar-refractivity contribution in [2.24, 2.45) is 0 Å². The van der Waals surface area contributed by atoms with Crippen molar-refractivity contribution in [3.8, 4) is 11.5 Å². The van der Waals surface area contributed by atoms with E-state index in [0.29, 0.717) is 25.3 Å². The molecule has 25 heavy (non-hydrogen) atoms. The molecule has 7 heteroatoms. The Morgan fingerprint density at radius 2 is 2.20 bits per heavy atom. The van der Waals surface area contributed by atoms with E-state index in [1.807, 2.05) is 32.0 Å². The molecule has 0 spiro atoms. The molecular formula is C18H27NO5S. The highest BCUT2D eigenvalue weighted by Crippen LogP contribution is 2.41. The maximum absolute atomic E-state index is 12.0. The maximum Gasteiger partial charge on any atom is 0.211 e. The van der Waals surface area contributed by atoms with Gasteiger partial charge in [-0.25, -0.2) is 13.1 Å². The molecule has 1 N–H and O–H groups in total. The van der Waals surface area contributed by atoms with Crippen molar-refractivity contribution in [3.63, 3.8) is 0 Å². The van der Waals surface area contributed by atoms with Crippen LogP contribution in [0.2, 0.25) is 0 Å². The lowest BCUT2D eigenvalue weighted by molar-refractivity contribution is 0.114. The Hall–Kier alpha value is -1.31.